The van der Waals surface area contributed by atoms with Gasteiger partial charge in [-0.1, -0.05) is 5.92 Å². The van der Waals surface area contributed by atoms with Crippen molar-refractivity contribution >= 4 is 11.9 Å². The van der Waals surface area contributed by atoms with Gasteiger partial charge in [-0.25, -0.2) is 4.79 Å². The second-order valence-corrected chi connectivity index (χ2v) is 3.02. The van der Waals surface area contributed by atoms with Crippen LogP contribution >= 0.6 is 0 Å². The first kappa shape index (κ1) is 12.6. The molecule has 0 heterocycles. The average Bonchev–Trinajstić information content (AvgIpc) is 2.34. The maximum Gasteiger partial charge on any atom is 0.337 e. The first-order valence-corrected chi connectivity index (χ1v) is 4.66. The molecule has 1 aromatic carbocycles. The van der Waals surface area contributed by atoms with Gasteiger partial charge in [0.2, 0.25) is 0 Å². The van der Waals surface area contributed by atoms with Crippen molar-refractivity contribution in [3.8, 4) is 17.6 Å². The highest BCUT2D eigenvalue weighted by atomic mass is 16.5. The summed E-state index contributed by atoms with van der Waals surface area (Å²) in [6, 6.07) is 4.57. The summed E-state index contributed by atoms with van der Waals surface area (Å²) in [4.78, 5) is 21.8. The van der Waals surface area contributed by atoms with Crippen LogP contribution in [0.15, 0.2) is 18.2 Å². The lowest BCUT2D eigenvalue weighted by Gasteiger charge is -2.05. The second-order valence-electron chi connectivity index (χ2n) is 3.02. The van der Waals surface area contributed by atoms with E-state index in [4.69, 9.17) is 10.5 Å². The topological polar surface area (TPSA) is 78.6 Å². The fraction of sp³-hybridized carbons (Fsp3) is 0.167. The van der Waals surface area contributed by atoms with Crippen LogP contribution in [-0.4, -0.2) is 26.1 Å². The van der Waals surface area contributed by atoms with Crippen LogP contribution in [0.2, 0.25) is 0 Å². The van der Waals surface area contributed by atoms with Crippen molar-refractivity contribution in [3.63, 3.8) is 0 Å². The maximum atomic E-state index is 11.3. The van der Waals surface area contributed by atoms with Crippen molar-refractivity contribution < 1.29 is 19.1 Å². The van der Waals surface area contributed by atoms with Crippen LogP contribution in [0.3, 0.4) is 0 Å². The Morgan fingerprint density at radius 1 is 1.29 bits per heavy atom. The zero-order valence-electron chi connectivity index (χ0n) is 9.44. The number of methoxy groups -OCH3 is 2. The van der Waals surface area contributed by atoms with E-state index in [0.29, 0.717) is 16.9 Å². The first-order valence-electron chi connectivity index (χ1n) is 4.66. The van der Waals surface area contributed by atoms with E-state index < -0.39 is 11.9 Å². The fourth-order valence-corrected chi connectivity index (χ4v) is 1.17. The van der Waals surface area contributed by atoms with Gasteiger partial charge in [-0.15, -0.1) is 0 Å². The molecule has 0 aliphatic rings. The number of primary amides is 1. The standard InChI is InChI=1S/C12H11NO4/c1-16-10-7-9(12(15)17-2)4-3-8(10)5-6-11(13)14/h3-4,7H,1-2H3,(H2,13,14). The Hall–Kier alpha value is -2.48. The van der Waals surface area contributed by atoms with Gasteiger partial charge >= 0.3 is 5.97 Å². The molecular weight excluding hydrogens is 222 g/mol. The molecule has 5 nitrogen and oxygen atoms in total. The number of rotatable bonds is 2. The third kappa shape index (κ3) is 3.24. The van der Waals surface area contributed by atoms with Crippen LogP contribution in [0, 0.1) is 11.8 Å². The third-order valence-electron chi connectivity index (χ3n) is 1.94. The summed E-state index contributed by atoms with van der Waals surface area (Å²) in [7, 11) is 2.72. The van der Waals surface area contributed by atoms with Gasteiger partial charge in [-0.2, -0.15) is 0 Å². The number of ether oxygens (including phenoxy) is 2. The molecule has 0 aromatic heterocycles. The first-order chi connectivity index (χ1) is 8.08. The molecule has 0 bridgehead atoms. The summed E-state index contributed by atoms with van der Waals surface area (Å²) in [6.07, 6.45) is 0. The lowest BCUT2D eigenvalue weighted by atomic mass is 10.1. The number of carbonyl (C=O) groups excluding carboxylic acids is 2. The Kier molecular flexibility index (Phi) is 4.12. The molecule has 0 radical (unpaired) electrons. The summed E-state index contributed by atoms with van der Waals surface area (Å²) in [5.41, 5.74) is 5.72. The number of benzene rings is 1. The molecule has 1 aromatic rings. The minimum Gasteiger partial charge on any atom is -0.495 e. The lowest BCUT2D eigenvalue weighted by molar-refractivity contribution is -0.112. The zero-order valence-corrected chi connectivity index (χ0v) is 9.44. The molecule has 0 aliphatic carbocycles. The Labute approximate surface area is 98.5 Å². The van der Waals surface area contributed by atoms with E-state index in [0.717, 1.165) is 0 Å². The molecule has 0 atom stereocenters. The van der Waals surface area contributed by atoms with Crippen molar-refractivity contribution in [2.75, 3.05) is 14.2 Å². The molecule has 2 N–H and O–H groups in total. The van der Waals surface area contributed by atoms with E-state index in [-0.39, 0.29) is 0 Å². The van der Waals surface area contributed by atoms with Gasteiger partial charge in [0.1, 0.15) is 5.75 Å². The number of carbonyl (C=O) groups is 2. The summed E-state index contributed by atoms with van der Waals surface area (Å²) in [5, 5.41) is 0. The maximum absolute atomic E-state index is 11.3. The lowest BCUT2D eigenvalue weighted by Crippen LogP contribution is -2.06. The zero-order chi connectivity index (χ0) is 12.8. The van der Waals surface area contributed by atoms with Gasteiger partial charge in [-0.3, -0.25) is 4.79 Å². The predicted molar refractivity (Wildman–Crippen MR) is 60.4 cm³/mol. The van der Waals surface area contributed by atoms with E-state index in [1.165, 1.54) is 26.4 Å². The van der Waals surface area contributed by atoms with Crippen LogP contribution < -0.4 is 10.5 Å². The molecule has 0 saturated carbocycles. The molecule has 17 heavy (non-hydrogen) atoms. The third-order valence-corrected chi connectivity index (χ3v) is 1.94. The normalized spacial score (nSPS) is 8.82. The van der Waals surface area contributed by atoms with Crippen molar-refractivity contribution in [1.82, 2.24) is 0 Å². The van der Waals surface area contributed by atoms with Gasteiger partial charge in [-0.05, 0) is 18.2 Å². The van der Waals surface area contributed by atoms with Gasteiger partial charge < -0.3 is 15.2 Å². The average molecular weight is 233 g/mol. The number of hydrogen-bond acceptors (Lipinski definition) is 4. The molecule has 0 spiro atoms. The summed E-state index contributed by atoms with van der Waals surface area (Å²) in [6.45, 7) is 0. The minimum absolute atomic E-state index is 0.342. The number of hydrogen-bond donors (Lipinski definition) is 1. The Balaban J connectivity index is 3.15. The largest absolute Gasteiger partial charge is 0.495 e. The Morgan fingerprint density at radius 2 is 2.00 bits per heavy atom. The van der Waals surface area contributed by atoms with Crippen LogP contribution in [0.5, 0.6) is 5.75 Å². The summed E-state index contributed by atoms with van der Waals surface area (Å²) >= 11 is 0. The van der Waals surface area contributed by atoms with Crippen LogP contribution in [0.1, 0.15) is 15.9 Å². The van der Waals surface area contributed by atoms with Gasteiger partial charge in [0.15, 0.2) is 0 Å². The van der Waals surface area contributed by atoms with Crippen molar-refractivity contribution in [2.24, 2.45) is 5.73 Å². The van der Waals surface area contributed by atoms with Gasteiger partial charge in [0.25, 0.3) is 5.91 Å². The Morgan fingerprint density at radius 3 is 2.53 bits per heavy atom. The van der Waals surface area contributed by atoms with E-state index in [1.807, 2.05) is 0 Å². The summed E-state index contributed by atoms with van der Waals surface area (Å²) in [5.74, 6) is 3.91. The number of nitrogens with two attached hydrogens (primary N) is 1. The second kappa shape index (κ2) is 5.56. The van der Waals surface area contributed by atoms with Gasteiger partial charge in [0, 0.05) is 5.92 Å². The van der Waals surface area contributed by atoms with E-state index >= 15 is 0 Å². The molecule has 1 amide bonds. The molecule has 0 aliphatic heterocycles. The molecule has 88 valence electrons. The molecule has 0 saturated heterocycles. The Bertz CT molecular complexity index is 511. The van der Waals surface area contributed by atoms with E-state index in [2.05, 4.69) is 16.6 Å². The number of esters is 1. The van der Waals surface area contributed by atoms with Crippen molar-refractivity contribution in [3.05, 3.63) is 29.3 Å². The molecule has 5 heteroatoms. The van der Waals surface area contributed by atoms with Crippen LogP contribution in [0.4, 0.5) is 0 Å². The monoisotopic (exact) mass is 233 g/mol. The van der Waals surface area contributed by atoms with Crippen molar-refractivity contribution in [2.45, 2.75) is 0 Å². The predicted octanol–water partition coefficient (Wildman–Crippen LogP) is 0.319. The fourth-order valence-electron chi connectivity index (χ4n) is 1.17. The van der Waals surface area contributed by atoms with E-state index in [1.54, 1.807) is 6.07 Å². The highest BCUT2D eigenvalue weighted by Crippen LogP contribution is 2.19. The highest BCUT2D eigenvalue weighted by molar-refractivity contribution is 5.93. The molecule has 0 unspecified atom stereocenters. The van der Waals surface area contributed by atoms with Gasteiger partial charge in [0.05, 0.1) is 25.3 Å². The molecule has 0 fully saturated rings. The molecular formula is C12H11NO4. The number of amides is 1. The van der Waals surface area contributed by atoms with Crippen LogP contribution in [0.25, 0.3) is 0 Å². The highest BCUT2D eigenvalue weighted by Gasteiger charge is 2.09. The van der Waals surface area contributed by atoms with E-state index in [9.17, 15) is 9.59 Å². The van der Waals surface area contributed by atoms with Crippen LogP contribution in [-0.2, 0) is 9.53 Å². The SMILES string of the molecule is COC(=O)c1ccc(C#CC(N)=O)c(OC)c1. The molecule has 1 rings (SSSR count). The quantitative estimate of drug-likeness (QED) is 0.589. The van der Waals surface area contributed by atoms with Crippen molar-refractivity contribution in [1.29, 1.82) is 0 Å². The smallest absolute Gasteiger partial charge is 0.337 e. The minimum atomic E-state index is -0.732. The summed E-state index contributed by atoms with van der Waals surface area (Å²) < 4.78 is 9.62.